The number of fused-ring (bicyclic) bond motifs is 1. The summed E-state index contributed by atoms with van der Waals surface area (Å²) >= 11 is 5.72. The van der Waals surface area contributed by atoms with Gasteiger partial charge in [0.1, 0.15) is 5.75 Å². The minimum atomic E-state index is -0.103. The first-order valence-corrected chi connectivity index (χ1v) is 10.7. The van der Waals surface area contributed by atoms with Crippen LogP contribution in [0.3, 0.4) is 0 Å². The summed E-state index contributed by atoms with van der Waals surface area (Å²) in [5.41, 5.74) is 3.48. The zero-order valence-corrected chi connectivity index (χ0v) is 19.4. The SMILES string of the molecule is COc1ccc2[nH]c(=O)c(CN(CCCN(C)C)C(=S)Nc3ccc(C)cc3)cc2c1. The van der Waals surface area contributed by atoms with Crippen LogP contribution in [0.4, 0.5) is 5.69 Å². The molecule has 0 aliphatic carbocycles. The molecule has 0 saturated carbocycles. The molecule has 0 aliphatic heterocycles. The number of hydrogen-bond acceptors (Lipinski definition) is 4. The number of anilines is 1. The number of aromatic nitrogens is 1. The second-order valence-corrected chi connectivity index (χ2v) is 8.34. The summed E-state index contributed by atoms with van der Waals surface area (Å²) in [5.74, 6) is 0.755. The second kappa shape index (κ2) is 10.4. The molecule has 1 aromatic heterocycles. The Hall–Kier alpha value is -2.90. The van der Waals surface area contributed by atoms with Gasteiger partial charge in [-0.15, -0.1) is 0 Å². The van der Waals surface area contributed by atoms with Gasteiger partial charge in [0.05, 0.1) is 13.7 Å². The molecule has 0 aliphatic rings. The minimum Gasteiger partial charge on any atom is -0.497 e. The molecular formula is C24H30N4O2S. The summed E-state index contributed by atoms with van der Waals surface area (Å²) in [4.78, 5) is 19.9. The Labute approximate surface area is 188 Å². The van der Waals surface area contributed by atoms with Gasteiger partial charge in [0, 0.05) is 28.7 Å². The van der Waals surface area contributed by atoms with E-state index in [2.05, 4.69) is 41.1 Å². The number of methoxy groups -OCH3 is 1. The van der Waals surface area contributed by atoms with Crippen molar-refractivity contribution < 1.29 is 4.74 Å². The number of benzene rings is 2. The van der Waals surface area contributed by atoms with E-state index >= 15 is 0 Å². The van der Waals surface area contributed by atoms with E-state index in [1.54, 1.807) is 7.11 Å². The Morgan fingerprint density at radius 2 is 1.84 bits per heavy atom. The quantitative estimate of drug-likeness (QED) is 0.519. The van der Waals surface area contributed by atoms with Gasteiger partial charge in [-0.3, -0.25) is 4.79 Å². The fourth-order valence-electron chi connectivity index (χ4n) is 3.35. The number of H-pyrrole nitrogens is 1. The summed E-state index contributed by atoms with van der Waals surface area (Å²) in [6, 6.07) is 15.6. The van der Waals surface area contributed by atoms with Crippen LogP contribution in [0, 0.1) is 6.92 Å². The lowest BCUT2D eigenvalue weighted by Gasteiger charge is -2.26. The third kappa shape index (κ3) is 6.29. The Morgan fingerprint density at radius 3 is 2.52 bits per heavy atom. The molecule has 0 spiro atoms. The molecule has 2 aromatic carbocycles. The van der Waals surface area contributed by atoms with Crippen molar-refractivity contribution in [1.82, 2.24) is 14.8 Å². The number of pyridine rings is 1. The van der Waals surface area contributed by atoms with E-state index in [9.17, 15) is 4.79 Å². The third-order valence-electron chi connectivity index (χ3n) is 5.11. The zero-order chi connectivity index (χ0) is 22.4. The van der Waals surface area contributed by atoms with E-state index in [0.29, 0.717) is 17.2 Å². The van der Waals surface area contributed by atoms with Crippen LogP contribution in [-0.2, 0) is 6.54 Å². The van der Waals surface area contributed by atoms with Crippen LogP contribution in [0.15, 0.2) is 53.3 Å². The molecule has 1 heterocycles. The summed E-state index contributed by atoms with van der Waals surface area (Å²) in [6.45, 7) is 4.16. The van der Waals surface area contributed by atoms with Crippen molar-refractivity contribution in [3.8, 4) is 5.75 Å². The Kier molecular flexibility index (Phi) is 7.65. The number of nitrogens with zero attached hydrogens (tertiary/aromatic N) is 2. The number of thiocarbonyl (C=S) groups is 1. The maximum Gasteiger partial charge on any atom is 0.253 e. The molecule has 0 fully saturated rings. The predicted octanol–water partition coefficient (Wildman–Crippen LogP) is 4.00. The number of ether oxygens (including phenoxy) is 1. The van der Waals surface area contributed by atoms with Crippen molar-refractivity contribution in [3.05, 3.63) is 70.0 Å². The molecule has 0 unspecified atom stereocenters. The second-order valence-electron chi connectivity index (χ2n) is 7.95. The standard InChI is InChI=1S/C24H30N4O2S/c1-17-6-8-20(9-7-17)25-24(31)28(13-5-12-27(2)3)16-19-14-18-15-21(30-4)10-11-22(18)26-23(19)29/h6-11,14-15H,5,12-13,16H2,1-4H3,(H,25,31)(H,26,29). The summed E-state index contributed by atoms with van der Waals surface area (Å²) in [5, 5.41) is 4.85. The molecule has 2 N–H and O–H groups in total. The molecule has 0 atom stereocenters. The van der Waals surface area contributed by atoms with E-state index in [0.717, 1.165) is 41.9 Å². The number of rotatable bonds is 8. The molecule has 31 heavy (non-hydrogen) atoms. The van der Waals surface area contributed by atoms with Gasteiger partial charge in [0.25, 0.3) is 5.56 Å². The first kappa shape index (κ1) is 22.8. The van der Waals surface area contributed by atoms with Crippen LogP contribution >= 0.6 is 12.2 Å². The van der Waals surface area contributed by atoms with Gasteiger partial charge in [-0.2, -0.15) is 0 Å². The lowest BCUT2D eigenvalue weighted by atomic mass is 10.1. The third-order valence-corrected chi connectivity index (χ3v) is 5.47. The van der Waals surface area contributed by atoms with Crippen LogP contribution in [-0.4, -0.2) is 54.2 Å². The number of nitrogens with one attached hydrogen (secondary N) is 2. The van der Waals surface area contributed by atoms with Crippen molar-refractivity contribution in [2.45, 2.75) is 19.9 Å². The molecule has 164 valence electrons. The molecule has 6 nitrogen and oxygen atoms in total. The monoisotopic (exact) mass is 438 g/mol. The van der Waals surface area contributed by atoms with Crippen LogP contribution < -0.4 is 15.6 Å². The van der Waals surface area contributed by atoms with Crippen LogP contribution in [0.5, 0.6) is 5.75 Å². The van der Waals surface area contributed by atoms with Gasteiger partial charge in [0.2, 0.25) is 0 Å². The smallest absolute Gasteiger partial charge is 0.253 e. The van der Waals surface area contributed by atoms with E-state index in [1.165, 1.54) is 5.56 Å². The van der Waals surface area contributed by atoms with Crippen LogP contribution in [0.1, 0.15) is 17.5 Å². The summed E-state index contributed by atoms with van der Waals surface area (Å²) < 4.78 is 5.32. The van der Waals surface area contributed by atoms with Crippen molar-refractivity contribution >= 4 is 33.9 Å². The molecule has 7 heteroatoms. The van der Waals surface area contributed by atoms with Gasteiger partial charge >= 0.3 is 0 Å². The van der Waals surface area contributed by atoms with Gasteiger partial charge in [-0.1, -0.05) is 17.7 Å². The van der Waals surface area contributed by atoms with Crippen LogP contribution in [0.2, 0.25) is 0 Å². The highest BCUT2D eigenvalue weighted by atomic mass is 32.1. The van der Waals surface area contributed by atoms with Gasteiger partial charge < -0.3 is 24.8 Å². The van der Waals surface area contributed by atoms with Crippen molar-refractivity contribution in [3.63, 3.8) is 0 Å². The maximum absolute atomic E-state index is 12.7. The molecule has 0 radical (unpaired) electrons. The molecule has 3 aromatic rings. The van der Waals surface area contributed by atoms with Gasteiger partial charge in [-0.25, -0.2) is 0 Å². The van der Waals surface area contributed by atoms with E-state index in [-0.39, 0.29) is 5.56 Å². The van der Waals surface area contributed by atoms with Crippen LogP contribution in [0.25, 0.3) is 10.9 Å². The first-order valence-electron chi connectivity index (χ1n) is 10.3. The predicted molar refractivity (Wildman–Crippen MR) is 132 cm³/mol. The molecule has 3 rings (SSSR count). The number of hydrogen-bond donors (Lipinski definition) is 2. The number of aromatic amines is 1. The highest BCUT2D eigenvalue weighted by Crippen LogP contribution is 2.19. The largest absolute Gasteiger partial charge is 0.497 e. The van der Waals surface area contributed by atoms with Crippen molar-refractivity contribution in [2.24, 2.45) is 0 Å². The first-order chi connectivity index (χ1) is 14.9. The minimum absolute atomic E-state index is 0.103. The fraction of sp³-hybridized carbons (Fsp3) is 0.333. The molecule has 0 saturated heterocycles. The lowest BCUT2D eigenvalue weighted by Crippen LogP contribution is -2.37. The topological polar surface area (TPSA) is 60.6 Å². The molecule has 0 amide bonds. The van der Waals surface area contributed by atoms with Crippen molar-refractivity contribution in [2.75, 3.05) is 39.6 Å². The Morgan fingerprint density at radius 1 is 1.10 bits per heavy atom. The lowest BCUT2D eigenvalue weighted by molar-refractivity contribution is 0.346. The zero-order valence-electron chi connectivity index (χ0n) is 18.6. The van der Waals surface area contributed by atoms with E-state index < -0.39 is 0 Å². The van der Waals surface area contributed by atoms with E-state index in [4.69, 9.17) is 17.0 Å². The Balaban J connectivity index is 1.84. The molecular weight excluding hydrogens is 408 g/mol. The Bertz CT molecular complexity index is 1090. The molecule has 0 bridgehead atoms. The fourth-order valence-corrected chi connectivity index (χ4v) is 3.62. The summed E-state index contributed by atoms with van der Waals surface area (Å²) in [7, 11) is 5.73. The highest BCUT2D eigenvalue weighted by molar-refractivity contribution is 7.80. The van der Waals surface area contributed by atoms with E-state index in [1.807, 2.05) is 48.5 Å². The maximum atomic E-state index is 12.7. The van der Waals surface area contributed by atoms with Gasteiger partial charge in [-0.05, 0) is 82.6 Å². The summed E-state index contributed by atoms with van der Waals surface area (Å²) in [6.07, 6.45) is 0.933. The number of aryl methyl sites for hydroxylation is 1. The van der Waals surface area contributed by atoms with Gasteiger partial charge in [0.15, 0.2) is 5.11 Å². The average molecular weight is 439 g/mol. The highest BCUT2D eigenvalue weighted by Gasteiger charge is 2.14. The van der Waals surface area contributed by atoms with Crippen molar-refractivity contribution in [1.29, 1.82) is 0 Å². The average Bonchev–Trinajstić information content (AvgIpc) is 2.74. The normalized spacial score (nSPS) is 11.0.